The van der Waals surface area contributed by atoms with Crippen molar-refractivity contribution in [2.24, 2.45) is 0 Å². The molecule has 2 N–H and O–H groups in total. The topological polar surface area (TPSA) is 44.4 Å². The quantitative estimate of drug-likeness (QED) is 0.809. The molecule has 1 aliphatic carbocycles. The molecule has 3 rings (SSSR count). The molecule has 2 aliphatic heterocycles. The number of rotatable bonds is 5. The summed E-state index contributed by atoms with van der Waals surface area (Å²) in [5.41, 5.74) is 0. The van der Waals surface area contributed by atoms with Gasteiger partial charge in [-0.1, -0.05) is 0 Å². The number of halogens is 2. The maximum atomic E-state index is 11.9. The molecule has 1 saturated carbocycles. The van der Waals surface area contributed by atoms with Crippen LogP contribution < -0.4 is 10.6 Å². The molecule has 0 aromatic rings. The van der Waals surface area contributed by atoms with E-state index in [2.05, 4.69) is 15.5 Å². The van der Waals surface area contributed by atoms with Crippen LogP contribution >= 0.6 is 24.8 Å². The van der Waals surface area contributed by atoms with E-state index in [1.807, 2.05) is 0 Å². The SMILES string of the molecule is Cl.Cl.O=C(CCC1CCCN1)NC1CCN(C2CC2)C1. The number of amides is 1. The van der Waals surface area contributed by atoms with Crippen molar-refractivity contribution >= 4 is 30.7 Å². The minimum absolute atomic E-state index is 0. The van der Waals surface area contributed by atoms with Crippen LogP contribution in [0.3, 0.4) is 0 Å². The molecule has 2 atom stereocenters. The van der Waals surface area contributed by atoms with Crippen LogP contribution in [0, 0.1) is 0 Å². The Morgan fingerprint density at radius 1 is 1.20 bits per heavy atom. The molecule has 118 valence electrons. The fraction of sp³-hybridized carbons (Fsp3) is 0.929. The standard InChI is InChI=1S/C14H25N3O.2ClH/c18-14(6-3-11-2-1-8-15-11)16-12-7-9-17(10-12)13-4-5-13;;/h11-13,15H,1-10H2,(H,16,18);2*1H. The van der Waals surface area contributed by atoms with Gasteiger partial charge in [-0.3, -0.25) is 9.69 Å². The average Bonchev–Trinajstić information content (AvgIpc) is 2.90. The Hall–Kier alpha value is -0.0300. The molecule has 3 aliphatic rings. The fourth-order valence-corrected chi connectivity index (χ4v) is 3.28. The zero-order chi connectivity index (χ0) is 12.4. The van der Waals surface area contributed by atoms with Gasteiger partial charge in [0.1, 0.15) is 0 Å². The monoisotopic (exact) mass is 323 g/mol. The van der Waals surface area contributed by atoms with Crippen LogP contribution in [0.4, 0.5) is 0 Å². The first kappa shape index (κ1) is 18.0. The van der Waals surface area contributed by atoms with Gasteiger partial charge in [0.25, 0.3) is 0 Å². The molecular formula is C14H27Cl2N3O. The molecule has 0 aromatic carbocycles. The number of nitrogens with one attached hydrogen (secondary N) is 2. The highest BCUT2D eigenvalue weighted by molar-refractivity contribution is 5.85. The lowest BCUT2D eigenvalue weighted by molar-refractivity contribution is -0.121. The van der Waals surface area contributed by atoms with E-state index in [1.54, 1.807) is 0 Å². The van der Waals surface area contributed by atoms with Crippen molar-refractivity contribution in [3.63, 3.8) is 0 Å². The predicted molar refractivity (Wildman–Crippen MR) is 85.9 cm³/mol. The number of carbonyl (C=O) groups excluding carboxylic acids is 1. The first-order valence-corrected chi connectivity index (χ1v) is 7.58. The van der Waals surface area contributed by atoms with Gasteiger partial charge in [0, 0.05) is 37.6 Å². The molecule has 0 bridgehead atoms. The van der Waals surface area contributed by atoms with Gasteiger partial charge in [0.2, 0.25) is 5.91 Å². The van der Waals surface area contributed by atoms with Gasteiger partial charge in [-0.05, 0) is 45.1 Å². The average molecular weight is 324 g/mol. The second-order valence-corrected chi connectivity index (χ2v) is 6.11. The number of carbonyl (C=O) groups is 1. The highest BCUT2D eigenvalue weighted by atomic mass is 35.5. The van der Waals surface area contributed by atoms with E-state index in [1.165, 1.54) is 32.2 Å². The number of hydrogen-bond acceptors (Lipinski definition) is 3. The lowest BCUT2D eigenvalue weighted by atomic mass is 10.1. The molecule has 1 amide bonds. The van der Waals surface area contributed by atoms with Crippen LogP contribution in [0.1, 0.15) is 44.9 Å². The maximum absolute atomic E-state index is 11.9. The molecule has 2 heterocycles. The Morgan fingerprint density at radius 2 is 2.00 bits per heavy atom. The summed E-state index contributed by atoms with van der Waals surface area (Å²) in [7, 11) is 0. The van der Waals surface area contributed by atoms with E-state index in [0.717, 1.165) is 32.0 Å². The predicted octanol–water partition coefficient (Wildman–Crippen LogP) is 1.72. The van der Waals surface area contributed by atoms with E-state index in [4.69, 9.17) is 0 Å². The van der Waals surface area contributed by atoms with Crippen molar-refractivity contribution in [3.8, 4) is 0 Å². The lowest BCUT2D eigenvalue weighted by Crippen LogP contribution is -2.38. The third kappa shape index (κ3) is 5.06. The molecule has 20 heavy (non-hydrogen) atoms. The number of likely N-dealkylation sites (tertiary alicyclic amines) is 1. The van der Waals surface area contributed by atoms with Gasteiger partial charge in [-0.25, -0.2) is 0 Å². The van der Waals surface area contributed by atoms with Crippen LogP contribution in [0.25, 0.3) is 0 Å². The lowest BCUT2D eigenvalue weighted by Gasteiger charge is -2.16. The van der Waals surface area contributed by atoms with Gasteiger partial charge >= 0.3 is 0 Å². The van der Waals surface area contributed by atoms with Gasteiger partial charge in [-0.15, -0.1) is 24.8 Å². The first-order chi connectivity index (χ1) is 8.81. The smallest absolute Gasteiger partial charge is 0.220 e. The van der Waals surface area contributed by atoms with Crippen molar-refractivity contribution < 1.29 is 4.79 Å². The zero-order valence-corrected chi connectivity index (χ0v) is 13.6. The van der Waals surface area contributed by atoms with Crippen LogP contribution in [-0.2, 0) is 4.79 Å². The van der Waals surface area contributed by atoms with E-state index in [9.17, 15) is 4.79 Å². The molecule has 2 unspecified atom stereocenters. The summed E-state index contributed by atoms with van der Waals surface area (Å²) in [4.78, 5) is 14.4. The number of nitrogens with zero attached hydrogens (tertiary/aromatic N) is 1. The Balaban J connectivity index is 0.000001000. The van der Waals surface area contributed by atoms with Crippen molar-refractivity contribution in [1.29, 1.82) is 0 Å². The second kappa shape index (κ2) is 8.42. The van der Waals surface area contributed by atoms with Crippen LogP contribution in [0.2, 0.25) is 0 Å². The van der Waals surface area contributed by atoms with Gasteiger partial charge in [0.05, 0.1) is 0 Å². The molecule has 0 spiro atoms. The van der Waals surface area contributed by atoms with E-state index >= 15 is 0 Å². The largest absolute Gasteiger partial charge is 0.352 e. The Morgan fingerprint density at radius 3 is 2.65 bits per heavy atom. The van der Waals surface area contributed by atoms with Gasteiger partial charge in [0.15, 0.2) is 0 Å². The van der Waals surface area contributed by atoms with Crippen LogP contribution in [0.15, 0.2) is 0 Å². The summed E-state index contributed by atoms with van der Waals surface area (Å²) in [6.07, 6.45) is 8.09. The summed E-state index contributed by atoms with van der Waals surface area (Å²) >= 11 is 0. The van der Waals surface area contributed by atoms with Crippen molar-refractivity contribution in [2.45, 2.75) is 63.1 Å². The summed E-state index contributed by atoms with van der Waals surface area (Å²) in [6.45, 7) is 3.39. The first-order valence-electron chi connectivity index (χ1n) is 7.58. The third-order valence-corrected chi connectivity index (χ3v) is 4.53. The summed E-state index contributed by atoms with van der Waals surface area (Å²) < 4.78 is 0. The van der Waals surface area contributed by atoms with E-state index in [0.29, 0.717) is 18.5 Å². The molecule has 3 fully saturated rings. The Labute approximate surface area is 134 Å². The minimum Gasteiger partial charge on any atom is -0.352 e. The summed E-state index contributed by atoms with van der Waals surface area (Å²) in [5, 5.41) is 6.65. The van der Waals surface area contributed by atoms with Gasteiger partial charge < -0.3 is 10.6 Å². The van der Waals surface area contributed by atoms with Crippen LogP contribution in [0.5, 0.6) is 0 Å². The highest BCUT2D eigenvalue weighted by Gasteiger charge is 2.34. The molecule has 6 heteroatoms. The van der Waals surface area contributed by atoms with Crippen LogP contribution in [-0.4, -0.2) is 48.6 Å². The third-order valence-electron chi connectivity index (χ3n) is 4.53. The molecule has 4 nitrogen and oxygen atoms in total. The van der Waals surface area contributed by atoms with E-state index < -0.39 is 0 Å². The molecule has 0 aromatic heterocycles. The summed E-state index contributed by atoms with van der Waals surface area (Å²) in [5.74, 6) is 0.256. The Bertz CT molecular complexity index is 307. The second-order valence-electron chi connectivity index (χ2n) is 6.11. The molecule has 0 radical (unpaired) electrons. The zero-order valence-electron chi connectivity index (χ0n) is 12.0. The fourth-order valence-electron chi connectivity index (χ4n) is 3.28. The normalized spacial score (nSPS) is 29.6. The number of hydrogen-bond donors (Lipinski definition) is 2. The van der Waals surface area contributed by atoms with Crippen molar-refractivity contribution in [1.82, 2.24) is 15.5 Å². The Kier molecular flexibility index (Phi) is 7.59. The van der Waals surface area contributed by atoms with E-state index in [-0.39, 0.29) is 30.7 Å². The van der Waals surface area contributed by atoms with Crippen molar-refractivity contribution in [3.05, 3.63) is 0 Å². The molecular weight excluding hydrogens is 297 g/mol. The maximum Gasteiger partial charge on any atom is 0.220 e. The highest BCUT2D eigenvalue weighted by Crippen LogP contribution is 2.29. The summed E-state index contributed by atoms with van der Waals surface area (Å²) in [6, 6.07) is 1.84. The molecule has 2 saturated heterocycles. The van der Waals surface area contributed by atoms with Crippen molar-refractivity contribution in [2.75, 3.05) is 19.6 Å². The minimum atomic E-state index is 0. The van der Waals surface area contributed by atoms with Gasteiger partial charge in [-0.2, -0.15) is 0 Å².